The molecule has 7 nitrogen and oxygen atoms in total. The molecule has 1 fully saturated rings. The minimum atomic E-state index is -0.687. The second-order valence-electron chi connectivity index (χ2n) is 7.94. The van der Waals surface area contributed by atoms with Crippen molar-refractivity contribution >= 4 is 17.4 Å². The number of rotatable bonds is 9. The molecule has 0 aromatic heterocycles. The number of Topliss-reactive ketones (excluding diaryl/α,β-unsaturated/α-hetero) is 1. The molecule has 2 aromatic rings. The number of likely N-dealkylation sites (tertiary alicyclic amines) is 1. The number of hydrogen-bond acceptors (Lipinski definition) is 6. The van der Waals surface area contributed by atoms with Gasteiger partial charge in [-0.05, 0) is 62.5 Å². The van der Waals surface area contributed by atoms with Crippen LogP contribution < -0.4 is 9.47 Å². The molecule has 0 bridgehead atoms. The number of hydrogen-bond donors (Lipinski definition) is 1. The zero-order chi connectivity index (χ0) is 23.3. The zero-order valence-corrected chi connectivity index (χ0v) is 19.0. The van der Waals surface area contributed by atoms with Gasteiger partial charge in [0.15, 0.2) is 0 Å². The summed E-state index contributed by atoms with van der Waals surface area (Å²) in [6.45, 7) is 3.59. The van der Waals surface area contributed by atoms with Crippen LogP contribution in [-0.4, -0.2) is 67.5 Å². The van der Waals surface area contributed by atoms with Crippen molar-refractivity contribution in [2.24, 2.45) is 0 Å². The smallest absolute Gasteiger partial charge is 0.295 e. The van der Waals surface area contributed by atoms with Crippen LogP contribution in [0.5, 0.6) is 11.5 Å². The Morgan fingerprint density at radius 2 is 1.66 bits per heavy atom. The van der Waals surface area contributed by atoms with Crippen molar-refractivity contribution in [1.29, 1.82) is 0 Å². The molecule has 7 heteroatoms. The molecule has 0 aliphatic carbocycles. The highest BCUT2D eigenvalue weighted by Gasteiger charge is 2.45. The first kappa shape index (κ1) is 23.3. The summed E-state index contributed by atoms with van der Waals surface area (Å²) in [6, 6.07) is 13.4. The molecule has 1 heterocycles. The molecule has 0 radical (unpaired) electrons. The third kappa shape index (κ3) is 4.94. The molecule has 170 valence electrons. The number of likely N-dealkylation sites (N-methyl/N-ethyl adjacent to an activating group) is 1. The van der Waals surface area contributed by atoms with E-state index in [1.807, 2.05) is 50.2 Å². The highest BCUT2D eigenvalue weighted by atomic mass is 16.5. The summed E-state index contributed by atoms with van der Waals surface area (Å²) in [5.74, 6) is -0.149. The third-order valence-corrected chi connectivity index (χ3v) is 5.36. The molecule has 1 atom stereocenters. The van der Waals surface area contributed by atoms with Crippen molar-refractivity contribution in [2.75, 3.05) is 40.9 Å². The third-order valence-electron chi connectivity index (χ3n) is 5.36. The molecule has 2 aromatic carbocycles. The van der Waals surface area contributed by atoms with Gasteiger partial charge in [0.05, 0.1) is 25.3 Å². The lowest BCUT2D eigenvalue weighted by Gasteiger charge is -2.26. The Labute approximate surface area is 188 Å². The maximum atomic E-state index is 13.0. The minimum Gasteiger partial charge on any atom is -0.507 e. The number of aliphatic hydroxyl groups is 1. The first-order chi connectivity index (χ1) is 15.4. The SMILES string of the molecule is CCCOc1ccc([C@@H]2C(=C(O)c3ccc(OC)cc3)C(=O)C(=O)N2CCN(C)C)cc1. The first-order valence-corrected chi connectivity index (χ1v) is 10.7. The Balaban J connectivity index is 2.05. The van der Waals surface area contributed by atoms with Gasteiger partial charge in [0, 0.05) is 18.7 Å². The van der Waals surface area contributed by atoms with Gasteiger partial charge in [-0.3, -0.25) is 9.59 Å². The van der Waals surface area contributed by atoms with E-state index in [4.69, 9.17) is 9.47 Å². The molecule has 1 N–H and O–H groups in total. The van der Waals surface area contributed by atoms with Gasteiger partial charge in [0.25, 0.3) is 11.7 Å². The van der Waals surface area contributed by atoms with Crippen molar-refractivity contribution in [1.82, 2.24) is 9.80 Å². The standard InChI is InChI=1S/C25H30N2O5/c1-5-16-32-20-12-6-17(7-13-20)22-21(23(28)18-8-10-19(31-4)11-9-18)24(29)25(30)27(22)15-14-26(2)3/h6-13,22,28H,5,14-16H2,1-4H3/t22-/m1/s1. The Hall–Kier alpha value is -3.32. The number of nitrogens with zero attached hydrogens (tertiary/aromatic N) is 2. The number of aliphatic hydroxyl groups excluding tert-OH is 1. The molecule has 0 unspecified atom stereocenters. The molecule has 1 amide bonds. The Bertz CT molecular complexity index is 980. The van der Waals surface area contributed by atoms with E-state index < -0.39 is 17.7 Å². The summed E-state index contributed by atoms with van der Waals surface area (Å²) < 4.78 is 10.8. The minimum absolute atomic E-state index is 0.0844. The largest absolute Gasteiger partial charge is 0.507 e. The number of carbonyl (C=O) groups excluding carboxylic acids is 2. The van der Waals surface area contributed by atoms with Crippen LogP contribution in [0.15, 0.2) is 54.1 Å². The van der Waals surface area contributed by atoms with E-state index in [2.05, 4.69) is 0 Å². The molecule has 1 saturated heterocycles. The lowest BCUT2D eigenvalue weighted by atomic mass is 9.95. The average molecular weight is 439 g/mol. The van der Waals surface area contributed by atoms with Crippen molar-refractivity contribution in [3.05, 3.63) is 65.2 Å². The molecule has 1 aliphatic heterocycles. The number of methoxy groups -OCH3 is 1. The maximum absolute atomic E-state index is 13.0. The molecule has 0 spiro atoms. The summed E-state index contributed by atoms with van der Waals surface area (Å²) in [6.07, 6.45) is 0.897. The van der Waals surface area contributed by atoms with E-state index in [9.17, 15) is 14.7 Å². The molecule has 3 rings (SSSR count). The van der Waals surface area contributed by atoms with Crippen molar-refractivity contribution in [3.8, 4) is 11.5 Å². The summed E-state index contributed by atoms with van der Waals surface area (Å²) >= 11 is 0. The molecule has 32 heavy (non-hydrogen) atoms. The van der Waals surface area contributed by atoms with Gasteiger partial charge in [-0.15, -0.1) is 0 Å². The fourth-order valence-corrected chi connectivity index (χ4v) is 3.64. The van der Waals surface area contributed by atoms with E-state index in [1.54, 1.807) is 31.4 Å². The fourth-order valence-electron chi connectivity index (χ4n) is 3.64. The quantitative estimate of drug-likeness (QED) is 0.367. The predicted molar refractivity (Wildman–Crippen MR) is 123 cm³/mol. The molecule has 0 saturated carbocycles. The van der Waals surface area contributed by atoms with Gasteiger partial charge in [-0.25, -0.2) is 0 Å². The lowest BCUT2D eigenvalue weighted by molar-refractivity contribution is -0.140. The van der Waals surface area contributed by atoms with Crippen LogP contribution >= 0.6 is 0 Å². The Morgan fingerprint density at radius 3 is 2.22 bits per heavy atom. The van der Waals surface area contributed by atoms with Gasteiger partial charge in [0.1, 0.15) is 17.3 Å². The van der Waals surface area contributed by atoms with Crippen molar-refractivity contribution < 1.29 is 24.2 Å². The van der Waals surface area contributed by atoms with Crippen LogP contribution in [0.1, 0.15) is 30.5 Å². The molecular weight excluding hydrogens is 408 g/mol. The van der Waals surface area contributed by atoms with Crippen LogP contribution in [0.2, 0.25) is 0 Å². The summed E-state index contributed by atoms with van der Waals surface area (Å²) in [7, 11) is 5.37. The normalized spacial score (nSPS) is 17.8. The second-order valence-corrected chi connectivity index (χ2v) is 7.94. The predicted octanol–water partition coefficient (Wildman–Crippen LogP) is 3.47. The van der Waals surface area contributed by atoms with Crippen molar-refractivity contribution in [3.63, 3.8) is 0 Å². The number of benzene rings is 2. The number of ketones is 1. The highest BCUT2D eigenvalue weighted by Crippen LogP contribution is 2.39. The van der Waals surface area contributed by atoms with Gasteiger partial charge in [0.2, 0.25) is 0 Å². The Kier molecular flexibility index (Phi) is 7.53. The topological polar surface area (TPSA) is 79.3 Å². The van der Waals surface area contributed by atoms with E-state index in [-0.39, 0.29) is 11.3 Å². The van der Waals surface area contributed by atoms with Gasteiger partial charge in [-0.2, -0.15) is 0 Å². The van der Waals surface area contributed by atoms with Crippen LogP contribution in [0.4, 0.5) is 0 Å². The lowest BCUT2D eigenvalue weighted by Crippen LogP contribution is -2.35. The average Bonchev–Trinajstić information content (AvgIpc) is 3.06. The fraction of sp³-hybridized carbons (Fsp3) is 0.360. The summed E-state index contributed by atoms with van der Waals surface area (Å²) in [5, 5.41) is 11.1. The maximum Gasteiger partial charge on any atom is 0.295 e. The van der Waals surface area contributed by atoms with Crippen molar-refractivity contribution in [2.45, 2.75) is 19.4 Å². The monoisotopic (exact) mass is 438 g/mol. The number of carbonyl (C=O) groups is 2. The summed E-state index contributed by atoms with van der Waals surface area (Å²) in [4.78, 5) is 29.4. The van der Waals surface area contributed by atoms with E-state index in [1.165, 1.54) is 4.90 Å². The number of ether oxygens (including phenoxy) is 2. The van der Waals surface area contributed by atoms with E-state index in [0.29, 0.717) is 31.0 Å². The number of amides is 1. The first-order valence-electron chi connectivity index (χ1n) is 10.7. The van der Waals surface area contributed by atoms with Crippen LogP contribution in [-0.2, 0) is 9.59 Å². The van der Waals surface area contributed by atoms with Crippen LogP contribution in [0.25, 0.3) is 5.76 Å². The Morgan fingerprint density at radius 1 is 1.03 bits per heavy atom. The van der Waals surface area contributed by atoms with Gasteiger partial charge in [-0.1, -0.05) is 19.1 Å². The molecule has 1 aliphatic rings. The zero-order valence-electron chi connectivity index (χ0n) is 19.0. The molecular formula is C25H30N2O5. The van der Waals surface area contributed by atoms with E-state index in [0.717, 1.165) is 17.7 Å². The van der Waals surface area contributed by atoms with Gasteiger partial charge < -0.3 is 24.4 Å². The van der Waals surface area contributed by atoms with E-state index >= 15 is 0 Å². The van der Waals surface area contributed by atoms with Crippen LogP contribution in [0, 0.1) is 0 Å². The van der Waals surface area contributed by atoms with Gasteiger partial charge >= 0.3 is 0 Å². The highest BCUT2D eigenvalue weighted by molar-refractivity contribution is 6.46. The second kappa shape index (κ2) is 10.3. The summed E-state index contributed by atoms with van der Waals surface area (Å²) in [5.41, 5.74) is 1.27. The van der Waals surface area contributed by atoms with Crippen LogP contribution in [0.3, 0.4) is 0 Å².